The Morgan fingerprint density at radius 2 is 2.23 bits per heavy atom. The van der Waals surface area contributed by atoms with Crippen molar-refractivity contribution in [3.8, 4) is 11.5 Å². The van der Waals surface area contributed by atoms with Gasteiger partial charge in [-0.05, 0) is 24.5 Å². The van der Waals surface area contributed by atoms with Gasteiger partial charge in [0, 0.05) is 6.07 Å². The van der Waals surface area contributed by atoms with E-state index >= 15 is 0 Å². The first-order chi connectivity index (χ1) is 6.34. The molecule has 0 radical (unpaired) electrons. The third kappa shape index (κ3) is 2.65. The fraction of sp³-hybridized carbons (Fsp3) is 0.455. The Morgan fingerprint density at radius 1 is 1.38 bits per heavy atom. The summed E-state index contributed by atoms with van der Waals surface area (Å²) in [6.07, 6.45) is 3.88. The summed E-state index contributed by atoms with van der Waals surface area (Å²) in [5.41, 5.74) is 0. The highest BCUT2D eigenvalue weighted by molar-refractivity contribution is 5.31. The van der Waals surface area contributed by atoms with Crippen LogP contribution in [0.15, 0.2) is 24.3 Å². The van der Waals surface area contributed by atoms with Crippen molar-refractivity contribution in [3.63, 3.8) is 0 Å². The molecule has 1 aliphatic rings. The molecule has 0 spiro atoms. The predicted molar refractivity (Wildman–Crippen MR) is 50.9 cm³/mol. The number of ether oxygens (including phenoxy) is 1. The van der Waals surface area contributed by atoms with Crippen LogP contribution >= 0.6 is 0 Å². The highest BCUT2D eigenvalue weighted by Crippen LogP contribution is 2.32. The molecule has 1 aromatic carbocycles. The van der Waals surface area contributed by atoms with Crippen molar-refractivity contribution in [1.29, 1.82) is 0 Å². The summed E-state index contributed by atoms with van der Waals surface area (Å²) >= 11 is 0. The lowest BCUT2D eigenvalue weighted by Crippen LogP contribution is -1.97. The molecule has 1 aliphatic carbocycles. The molecule has 1 aromatic rings. The normalized spacial score (nSPS) is 15.7. The summed E-state index contributed by atoms with van der Waals surface area (Å²) in [5.74, 6) is 1.93. The predicted octanol–water partition coefficient (Wildman–Crippen LogP) is 2.57. The van der Waals surface area contributed by atoms with Gasteiger partial charge in [-0.1, -0.05) is 18.9 Å². The molecule has 0 unspecified atom stereocenters. The summed E-state index contributed by atoms with van der Waals surface area (Å²) in [6, 6.07) is 6.95. The maximum Gasteiger partial charge on any atom is 0.122 e. The average molecular weight is 178 g/mol. The maximum absolute atomic E-state index is 9.15. The van der Waals surface area contributed by atoms with Crippen LogP contribution in [0.1, 0.15) is 19.3 Å². The van der Waals surface area contributed by atoms with Gasteiger partial charge in [0.15, 0.2) is 0 Å². The van der Waals surface area contributed by atoms with Gasteiger partial charge in [0.05, 0.1) is 6.61 Å². The molecule has 1 fully saturated rings. The van der Waals surface area contributed by atoms with Gasteiger partial charge >= 0.3 is 0 Å². The molecule has 0 atom stereocenters. The van der Waals surface area contributed by atoms with E-state index in [9.17, 15) is 0 Å². The Kier molecular flexibility index (Phi) is 2.39. The first-order valence-corrected chi connectivity index (χ1v) is 4.76. The Balaban J connectivity index is 1.79. The fourth-order valence-electron chi connectivity index (χ4n) is 1.32. The molecular weight excluding hydrogens is 164 g/mol. The lowest BCUT2D eigenvalue weighted by Gasteiger charge is -2.04. The van der Waals surface area contributed by atoms with Crippen LogP contribution in [-0.2, 0) is 0 Å². The molecule has 70 valence electrons. The molecule has 1 N–H and O–H groups in total. The number of hydrogen-bond donors (Lipinski definition) is 1. The molecule has 2 nitrogen and oxygen atoms in total. The van der Waals surface area contributed by atoms with Gasteiger partial charge in [0.25, 0.3) is 0 Å². The summed E-state index contributed by atoms with van der Waals surface area (Å²) in [5, 5.41) is 9.15. The Hall–Kier alpha value is -1.18. The zero-order valence-corrected chi connectivity index (χ0v) is 7.57. The van der Waals surface area contributed by atoms with E-state index < -0.39 is 0 Å². The third-order valence-electron chi connectivity index (χ3n) is 2.31. The van der Waals surface area contributed by atoms with E-state index in [2.05, 4.69) is 0 Å². The van der Waals surface area contributed by atoms with Gasteiger partial charge < -0.3 is 9.84 Å². The van der Waals surface area contributed by atoms with Crippen LogP contribution in [0.2, 0.25) is 0 Å². The van der Waals surface area contributed by atoms with Crippen molar-refractivity contribution in [2.45, 2.75) is 19.3 Å². The van der Waals surface area contributed by atoms with E-state index in [1.54, 1.807) is 18.2 Å². The van der Waals surface area contributed by atoms with Crippen LogP contribution < -0.4 is 4.74 Å². The standard InChI is InChI=1S/C11H14O2/c12-10-2-1-3-11(8-10)13-7-6-9-4-5-9/h1-3,8-9,12H,4-7H2. The molecule has 1 saturated carbocycles. The molecule has 0 bridgehead atoms. The molecule has 2 heteroatoms. The minimum Gasteiger partial charge on any atom is -0.508 e. The van der Waals surface area contributed by atoms with Crippen molar-refractivity contribution >= 4 is 0 Å². The minimum atomic E-state index is 0.268. The number of rotatable bonds is 4. The van der Waals surface area contributed by atoms with E-state index in [4.69, 9.17) is 9.84 Å². The second-order valence-electron chi connectivity index (χ2n) is 3.58. The number of phenols is 1. The number of aromatic hydroxyl groups is 1. The van der Waals surface area contributed by atoms with Gasteiger partial charge in [0.2, 0.25) is 0 Å². The van der Waals surface area contributed by atoms with Crippen LogP contribution in [-0.4, -0.2) is 11.7 Å². The van der Waals surface area contributed by atoms with Crippen molar-refractivity contribution < 1.29 is 9.84 Å². The molecular formula is C11H14O2. The Bertz CT molecular complexity index is 279. The van der Waals surface area contributed by atoms with Gasteiger partial charge in [-0.3, -0.25) is 0 Å². The zero-order chi connectivity index (χ0) is 9.10. The average Bonchev–Trinajstić information content (AvgIpc) is 2.88. The van der Waals surface area contributed by atoms with Crippen LogP contribution in [0.3, 0.4) is 0 Å². The molecule has 0 aliphatic heterocycles. The van der Waals surface area contributed by atoms with E-state index in [0.717, 1.165) is 24.7 Å². The monoisotopic (exact) mass is 178 g/mol. The van der Waals surface area contributed by atoms with Crippen molar-refractivity contribution in [2.75, 3.05) is 6.61 Å². The summed E-state index contributed by atoms with van der Waals surface area (Å²) in [4.78, 5) is 0. The highest BCUT2D eigenvalue weighted by Gasteiger charge is 2.20. The molecule has 0 amide bonds. The lowest BCUT2D eigenvalue weighted by atomic mass is 10.3. The van der Waals surface area contributed by atoms with E-state index in [1.807, 2.05) is 6.07 Å². The smallest absolute Gasteiger partial charge is 0.122 e. The Labute approximate surface area is 78.2 Å². The maximum atomic E-state index is 9.15. The summed E-state index contributed by atoms with van der Waals surface area (Å²) in [6.45, 7) is 0.772. The molecule has 13 heavy (non-hydrogen) atoms. The zero-order valence-electron chi connectivity index (χ0n) is 7.57. The van der Waals surface area contributed by atoms with Gasteiger partial charge in [-0.2, -0.15) is 0 Å². The molecule has 0 heterocycles. The van der Waals surface area contributed by atoms with Gasteiger partial charge in [-0.15, -0.1) is 0 Å². The third-order valence-corrected chi connectivity index (χ3v) is 2.31. The van der Waals surface area contributed by atoms with E-state index in [1.165, 1.54) is 12.8 Å². The van der Waals surface area contributed by atoms with Crippen molar-refractivity contribution in [1.82, 2.24) is 0 Å². The SMILES string of the molecule is Oc1cccc(OCCC2CC2)c1. The quantitative estimate of drug-likeness (QED) is 0.767. The first-order valence-electron chi connectivity index (χ1n) is 4.76. The molecule has 0 aromatic heterocycles. The highest BCUT2D eigenvalue weighted by atomic mass is 16.5. The largest absolute Gasteiger partial charge is 0.508 e. The van der Waals surface area contributed by atoms with Crippen molar-refractivity contribution in [3.05, 3.63) is 24.3 Å². The van der Waals surface area contributed by atoms with Crippen molar-refractivity contribution in [2.24, 2.45) is 5.92 Å². The van der Waals surface area contributed by atoms with Crippen LogP contribution in [0, 0.1) is 5.92 Å². The van der Waals surface area contributed by atoms with Crippen LogP contribution in [0.5, 0.6) is 11.5 Å². The summed E-state index contributed by atoms with van der Waals surface area (Å²) in [7, 11) is 0. The second-order valence-corrected chi connectivity index (χ2v) is 3.58. The fourth-order valence-corrected chi connectivity index (χ4v) is 1.32. The first kappa shape index (κ1) is 8.42. The van der Waals surface area contributed by atoms with Crippen LogP contribution in [0.4, 0.5) is 0 Å². The Morgan fingerprint density at radius 3 is 2.92 bits per heavy atom. The van der Waals surface area contributed by atoms with Gasteiger partial charge in [-0.25, -0.2) is 0 Å². The van der Waals surface area contributed by atoms with E-state index in [-0.39, 0.29) is 5.75 Å². The topological polar surface area (TPSA) is 29.5 Å². The number of benzene rings is 1. The van der Waals surface area contributed by atoms with Crippen LogP contribution in [0.25, 0.3) is 0 Å². The number of phenolic OH excluding ortho intramolecular Hbond substituents is 1. The second kappa shape index (κ2) is 3.69. The minimum absolute atomic E-state index is 0.268. The molecule has 0 saturated heterocycles. The van der Waals surface area contributed by atoms with Gasteiger partial charge in [0.1, 0.15) is 11.5 Å². The lowest BCUT2D eigenvalue weighted by molar-refractivity contribution is 0.301. The number of hydrogen-bond acceptors (Lipinski definition) is 2. The molecule has 2 rings (SSSR count). The summed E-state index contributed by atoms with van der Waals surface area (Å²) < 4.78 is 5.48. The van der Waals surface area contributed by atoms with E-state index in [0.29, 0.717) is 0 Å².